The topological polar surface area (TPSA) is 175 Å². The average molecular weight is 401 g/mol. The van der Waals surface area contributed by atoms with E-state index in [0.29, 0.717) is 25.7 Å². The first-order valence-corrected chi connectivity index (χ1v) is 9.90. The maximum absolute atomic E-state index is 11.3. The Morgan fingerprint density at radius 1 is 1.12 bits per heavy atom. The lowest BCUT2D eigenvalue weighted by atomic mass is 9.97. The lowest BCUT2D eigenvalue weighted by Gasteiger charge is -2.42. The van der Waals surface area contributed by atoms with E-state index in [1.54, 1.807) is 0 Å². The number of carbonyl (C=O) groups excluding carboxylic acids is 1. The largest absolute Gasteiger partial charge is 0.469 e. The minimum absolute atomic E-state index is 0.0380. The Morgan fingerprint density at radius 2 is 1.73 bits per heavy atom. The van der Waals surface area contributed by atoms with E-state index in [9.17, 15) is 24.7 Å². The smallest absolute Gasteiger partial charge is 0.394 e. The fourth-order valence-corrected chi connectivity index (χ4v) is 2.92. The molecule has 1 amide bonds. The van der Waals surface area contributed by atoms with E-state index in [4.69, 9.17) is 19.3 Å². The summed E-state index contributed by atoms with van der Waals surface area (Å²) in [6.45, 7) is 0.948. The number of phosphoric ester groups is 1. The van der Waals surface area contributed by atoms with Crippen LogP contribution in [0.2, 0.25) is 0 Å². The van der Waals surface area contributed by atoms with Gasteiger partial charge in [-0.15, -0.1) is 0 Å². The highest BCUT2D eigenvalue weighted by molar-refractivity contribution is 7.46. The normalized spacial score (nSPS) is 29.5. The molecule has 0 aromatic carbocycles. The fraction of sp³-hybridized carbons (Fsp3) is 0.929. The molecule has 11 nitrogen and oxygen atoms in total. The fourth-order valence-electron chi connectivity index (χ4n) is 2.55. The van der Waals surface area contributed by atoms with Crippen LogP contribution in [-0.2, 0) is 23.4 Å². The average Bonchev–Trinajstić information content (AvgIpc) is 2.54. The van der Waals surface area contributed by atoms with Crippen molar-refractivity contribution in [1.29, 1.82) is 0 Å². The van der Waals surface area contributed by atoms with Gasteiger partial charge in [-0.05, 0) is 12.8 Å². The molecule has 0 spiro atoms. The number of nitrogens with one attached hydrogen (secondary N) is 1. The maximum Gasteiger partial charge on any atom is 0.469 e. The molecule has 1 aliphatic rings. The molecule has 0 aliphatic carbocycles. The van der Waals surface area contributed by atoms with Crippen molar-refractivity contribution >= 4 is 13.7 Å². The zero-order valence-electron chi connectivity index (χ0n) is 14.6. The van der Waals surface area contributed by atoms with Crippen LogP contribution in [0, 0.1) is 0 Å². The van der Waals surface area contributed by atoms with Gasteiger partial charge < -0.3 is 39.9 Å². The van der Waals surface area contributed by atoms with Crippen molar-refractivity contribution in [2.24, 2.45) is 0 Å². The van der Waals surface area contributed by atoms with Gasteiger partial charge in [-0.3, -0.25) is 9.32 Å². The van der Waals surface area contributed by atoms with Crippen molar-refractivity contribution in [2.75, 3.05) is 19.8 Å². The van der Waals surface area contributed by atoms with Crippen LogP contribution in [0.3, 0.4) is 0 Å². The van der Waals surface area contributed by atoms with Crippen LogP contribution in [0.25, 0.3) is 0 Å². The number of hydrogen-bond acceptors (Lipinski definition) is 8. The summed E-state index contributed by atoms with van der Waals surface area (Å²) in [7, 11) is -4.42. The summed E-state index contributed by atoms with van der Waals surface area (Å²) in [6, 6.07) is -0.970. The number of unbranched alkanes of at least 4 members (excludes halogenated alkanes) is 3. The summed E-state index contributed by atoms with van der Waals surface area (Å²) in [5.74, 6) is -0.425. The summed E-state index contributed by atoms with van der Waals surface area (Å²) in [4.78, 5) is 28.4. The monoisotopic (exact) mass is 401 g/mol. The van der Waals surface area contributed by atoms with Gasteiger partial charge in [0.1, 0.15) is 24.4 Å². The molecule has 5 atom stereocenters. The minimum Gasteiger partial charge on any atom is -0.394 e. The van der Waals surface area contributed by atoms with Crippen molar-refractivity contribution < 1.29 is 48.5 Å². The number of aliphatic hydroxyl groups excluding tert-OH is 3. The molecule has 26 heavy (non-hydrogen) atoms. The van der Waals surface area contributed by atoms with Crippen molar-refractivity contribution in [3.05, 3.63) is 0 Å². The summed E-state index contributed by atoms with van der Waals surface area (Å²) >= 11 is 0. The van der Waals surface area contributed by atoms with Crippen LogP contribution in [-0.4, -0.2) is 81.5 Å². The number of aliphatic hydroxyl groups is 3. The summed E-state index contributed by atoms with van der Waals surface area (Å²) < 4.78 is 25.8. The number of carbonyl (C=O) groups is 1. The number of amides is 1. The van der Waals surface area contributed by atoms with E-state index >= 15 is 0 Å². The molecule has 1 rings (SSSR count). The highest BCUT2D eigenvalue weighted by Crippen LogP contribution is 2.35. The second kappa shape index (κ2) is 11.3. The molecule has 0 aromatic rings. The second-order valence-electron chi connectivity index (χ2n) is 6.04. The standard InChI is InChI=1S/C14H28NO10P/c1-9(17)15-11-13(19)12(18)10(8-16)25-14(11)23-6-4-2-3-5-7-24-26(20,21)22/h10-14,16,18-19H,2-8H2,1H3,(H,15,17)(H2,20,21,22)/t10?,11-,12-,13?,14+/m0/s1. The first kappa shape index (κ1) is 23.4. The highest BCUT2D eigenvalue weighted by Gasteiger charge is 2.45. The Balaban J connectivity index is 2.35. The molecular formula is C14H28NO10P. The minimum atomic E-state index is -4.42. The van der Waals surface area contributed by atoms with Gasteiger partial charge >= 0.3 is 7.82 Å². The SMILES string of the molecule is CC(=O)N[C@H]1C(O)[C@@H](O)C(CO)O[C@H]1OCCCCCCOP(=O)(O)O. The maximum atomic E-state index is 11.3. The highest BCUT2D eigenvalue weighted by atomic mass is 31.2. The molecule has 2 unspecified atom stereocenters. The lowest BCUT2D eigenvalue weighted by molar-refractivity contribution is -0.270. The third kappa shape index (κ3) is 8.38. The van der Waals surface area contributed by atoms with Gasteiger partial charge in [-0.25, -0.2) is 4.57 Å². The Labute approximate surface area is 151 Å². The Morgan fingerprint density at radius 3 is 2.27 bits per heavy atom. The van der Waals surface area contributed by atoms with Gasteiger partial charge in [0.2, 0.25) is 5.91 Å². The van der Waals surface area contributed by atoms with Crippen molar-refractivity contribution in [3.8, 4) is 0 Å². The van der Waals surface area contributed by atoms with Crippen LogP contribution < -0.4 is 5.32 Å². The Hall–Kier alpha value is -0.620. The second-order valence-corrected chi connectivity index (χ2v) is 7.28. The van der Waals surface area contributed by atoms with Crippen LogP contribution in [0.4, 0.5) is 0 Å². The van der Waals surface area contributed by atoms with Crippen LogP contribution in [0.1, 0.15) is 32.6 Å². The van der Waals surface area contributed by atoms with E-state index in [0.717, 1.165) is 0 Å². The molecule has 1 aliphatic heterocycles. The van der Waals surface area contributed by atoms with E-state index in [-0.39, 0.29) is 13.2 Å². The van der Waals surface area contributed by atoms with Gasteiger partial charge in [0, 0.05) is 13.5 Å². The first-order chi connectivity index (χ1) is 12.2. The molecule has 0 saturated carbocycles. The molecule has 154 valence electrons. The van der Waals surface area contributed by atoms with Gasteiger partial charge in [0.05, 0.1) is 13.2 Å². The van der Waals surface area contributed by atoms with Crippen LogP contribution in [0.15, 0.2) is 0 Å². The first-order valence-electron chi connectivity index (χ1n) is 8.37. The summed E-state index contributed by atoms with van der Waals surface area (Å²) in [5.41, 5.74) is 0. The van der Waals surface area contributed by atoms with Crippen molar-refractivity contribution in [2.45, 2.75) is 63.3 Å². The third-order valence-corrected chi connectivity index (χ3v) is 4.35. The van der Waals surface area contributed by atoms with Crippen LogP contribution in [0.5, 0.6) is 0 Å². The molecule has 1 fully saturated rings. The number of ether oxygens (including phenoxy) is 2. The predicted octanol–water partition coefficient (Wildman–Crippen LogP) is -1.38. The molecule has 1 heterocycles. The van der Waals surface area contributed by atoms with Crippen molar-refractivity contribution in [1.82, 2.24) is 5.32 Å². The number of phosphoric acid groups is 1. The number of rotatable bonds is 11. The van der Waals surface area contributed by atoms with Gasteiger partial charge in [-0.2, -0.15) is 0 Å². The Kier molecular flexibility index (Phi) is 10.2. The predicted molar refractivity (Wildman–Crippen MR) is 87.8 cm³/mol. The van der Waals surface area contributed by atoms with E-state index < -0.39 is 51.0 Å². The lowest BCUT2D eigenvalue weighted by Crippen LogP contribution is -2.64. The zero-order valence-corrected chi connectivity index (χ0v) is 15.5. The molecule has 6 N–H and O–H groups in total. The van der Waals surface area contributed by atoms with E-state index in [1.807, 2.05) is 0 Å². The van der Waals surface area contributed by atoms with E-state index in [1.165, 1.54) is 6.92 Å². The molecular weight excluding hydrogens is 373 g/mol. The van der Waals surface area contributed by atoms with Gasteiger partial charge in [0.15, 0.2) is 6.29 Å². The Bertz CT molecular complexity index is 473. The quantitative estimate of drug-likeness (QED) is 0.179. The molecule has 12 heteroatoms. The zero-order chi connectivity index (χ0) is 19.7. The van der Waals surface area contributed by atoms with Crippen LogP contribution >= 0.6 is 7.82 Å². The van der Waals surface area contributed by atoms with E-state index in [2.05, 4.69) is 9.84 Å². The van der Waals surface area contributed by atoms with Gasteiger partial charge in [-0.1, -0.05) is 12.8 Å². The summed E-state index contributed by atoms with van der Waals surface area (Å²) in [6.07, 6.45) is -2.29. The molecule has 0 radical (unpaired) electrons. The van der Waals surface area contributed by atoms with Gasteiger partial charge in [0.25, 0.3) is 0 Å². The molecule has 0 bridgehead atoms. The summed E-state index contributed by atoms with van der Waals surface area (Å²) in [5, 5.41) is 31.7. The van der Waals surface area contributed by atoms with Crippen molar-refractivity contribution in [3.63, 3.8) is 0 Å². The number of hydrogen-bond donors (Lipinski definition) is 6. The third-order valence-electron chi connectivity index (χ3n) is 3.83. The molecule has 0 aromatic heterocycles. The molecule has 1 saturated heterocycles.